The van der Waals surface area contributed by atoms with Crippen molar-refractivity contribution in [3.8, 4) is 0 Å². The predicted molar refractivity (Wildman–Crippen MR) is 102 cm³/mol. The van der Waals surface area contributed by atoms with Crippen LogP contribution in [0.15, 0.2) is 48.8 Å². The summed E-state index contributed by atoms with van der Waals surface area (Å²) < 4.78 is 6.06. The van der Waals surface area contributed by atoms with Crippen molar-refractivity contribution in [2.45, 2.75) is 31.4 Å². The maximum atomic E-state index is 13.2. The zero-order valence-electron chi connectivity index (χ0n) is 15.5. The number of benzene rings is 1. The number of amides is 1. The summed E-state index contributed by atoms with van der Waals surface area (Å²) in [6.45, 7) is 3.87. The molecular formula is C22H25N3O2. The lowest BCUT2D eigenvalue weighted by molar-refractivity contribution is -0.0462. The molecule has 0 saturated carbocycles. The SMILES string of the molecule is O=C(O[C@@H]1CN2CCC1CC2)N1CCc2ccccc2[C@@H]1c1ccncc1. The van der Waals surface area contributed by atoms with Gasteiger partial charge in [0.25, 0.3) is 0 Å². The van der Waals surface area contributed by atoms with Gasteiger partial charge in [-0.05, 0) is 67.1 Å². The van der Waals surface area contributed by atoms with Gasteiger partial charge in [0.15, 0.2) is 0 Å². The van der Waals surface area contributed by atoms with Crippen molar-refractivity contribution in [2.75, 3.05) is 26.2 Å². The number of hydrogen-bond acceptors (Lipinski definition) is 4. The molecule has 2 aromatic rings. The lowest BCUT2D eigenvalue weighted by Gasteiger charge is -2.45. The van der Waals surface area contributed by atoms with Crippen molar-refractivity contribution >= 4 is 6.09 Å². The molecule has 0 unspecified atom stereocenters. The summed E-state index contributed by atoms with van der Waals surface area (Å²) in [5.41, 5.74) is 3.59. The molecule has 4 aliphatic rings. The van der Waals surface area contributed by atoms with Crippen molar-refractivity contribution in [2.24, 2.45) is 5.92 Å². The lowest BCUT2D eigenvalue weighted by Crippen LogP contribution is -2.53. The molecule has 1 aromatic carbocycles. The van der Waals surface area contributed by atoms with Crippen molar-refractivity contribution in [1.82, 2.24) is 14.8 Å². The number of fused-ring (bicyclic) bond motifs is 4. The Bertz CT molecular complexity index is 817. The number of ether oxygens (including phenoxy) is 1. The Morgan fingerprint density at radius 2 is 1.81 bits per heavy atom. The molecule has 1 aromatic heterocycles. The largest absolute Gasteiger partial charge is 0.444 e. The normalized spacial score (nSPS) is 29.3. The highest BCUT2D eigenvalue weighted by Gasteiger charge is 2.39. The quantitative estimate of drug-likeness (QED) is 0.822. The van der Waals surface area contributed by atoms with Gasteiger partial charge in [0.05, 0.1) is 6.04 Å². The fourth-order valence-corrected chi connectivity index (χ4v) is 4.91. The molecule has 4 aliphatic heterocycles. The smallest absolute Gasteiger partial charge is 0.410 e. The highest BCUT2D eigenvalue weighted by Crippen LogP contribution is 2.36. The second-order valence-corrected chi connectivity index (χ2v) is 7.89. The monoisotopic (exact) mass is 363 g/mol. The number of carbonyl (C=O) groups excluding carboxylic acids is 1. The molecule has 5 heterocycles. The van der Waals surface area contributed by atoms with Gasteiger partial charge in [0.2, 0.25) is 0 Å². The fraction of sp³-hybridized carbons (Fsp3) is 0.455. The van der Waals surface area contributed by atoms with Gasteiger partial charge in [0.1, 0.15) is 6.10 Å². The molecule has 3 fully saturated rings. The first-order chi connectivity index (χ1) is 13.3. The number of nitrogens with zero attached hydrogens (tertiary/aromatic N) is 3. The Labute approximate surface area is 159 Å². The predicted octanol–water partition coefficient (Wildman–Crippen LogP) is 3.26. The first-order valence-corrected chi connectivity index (χ1v) is 9.97. The van der Waals surface area contributed by atoms with E-state index in [4.69, 9.17) is 4.74 Å². The van der Waals surface area contributed by atoms with Crippen molar-refractivity contribution in [1.29, 1.82) is 0 Å². The average molecular weight is 363 g/mol. The second kappa shape index (κ2) is 6.97. The fourth-order valence-electron chi connectivity index (χ4n) is 4.91. The minimum absolute atomic E-state index is 0.0373. The van der Waals surface area contributed by atoms with Gasteiger partial charge in [-0.25, -0.2) is 4.79 Å². The summed E-state index contributed by atoms with van der Waals surface area (Å²) in [5.74, 6) is 0.524. The van der Waals surface area contributed by atoms with E-state index < -0.39 is 0 Å². The van der Waals surface area contributed by atoms with Crippen LogP contribution in [0.25, 0.3) is 0 Å². The molecular weight excluding hydrogens is 338 g/mol. The van der Waals surface area contributed by atoms with Crippen LogP contribution in [0, 0.1) is 5.92 Å². The summed E-state index contributed by atoms with van der Waals surface area (Å²) >= 11 is 0. The van der Waals surface area contributed by atoms with Gasteiger partial charge in [-0.1, -0.05) is 24.3 Å². The number of hydrogen-bond donors (Lipinski definition) is 0. The number of piperidine rings is 3. The molecule has 1 amide bonds. The van der Waals surface area contributed by atoms with Crippen LogP contribution >= 0.6 is 0 Å². The van der Waals surface area contributed by atoms with E-state index in [2.05, 4.69) is 34.1 Å². The van der Waals surface area contributed by atoms with Crippen LogP contribution in [-0.4, -0.2) is 53.2 Å². The maximum absolute atomic E-state index is 13.2. The van der Waals surface area contributed by atoms with E-state index in [1.54, 1.807) is 12.4 Å². The topological polar surface area (TPSA) is 45.7 Å². The van der Waals surface area contributed by atoms with E-state index in [0.29, 0.717) is 12.5 Å². The molecule has 5 heteroatoms. The standard InChI is InChI=1S/C22H25N3O2/c26-22(27-20-15-24-12-7-17(20)8-13-24)25-14-9-16-3-1-2-4-19(16)21(25)18-5-10-23-11-6-18/h1-6,10-11,17,20-21H,7-9,12-15H2/t20-,21+/m1/s1. The van der Waals surface area contributed by atoms with Gasteiger partial charge >= 0.3 is 6.09 Å². The molecule has 2 atom stereocenters. The van der Waals surface area contributed by atoms with Gasteiger partial charge in [-0.15, -0.1) is 0 Å². The Morgan fingerprint density at radius 1 is 1.04 bits per heavy atom. The highest BCUT2D eigenvalue weighted by atomic mass is 16.6. The lowest BCUT2D eigenvalue weighted by atomic mass is 9.86. The van der Waals surface area contributed by atoms with E-state index >= 15 is 0 Å². The summed E-state index contributed by atoms with van der Waals surface area (Å²) in [7, 11) is 0. The Balaban J connectivity index is 1.43. The average Bonchev–Trinajstić information content (AvgIpc) is 2.74. The molecule has 5 nitrogen and oxygen atoms in total. The van der Waals surface area contributed by atoms with Crippen molar-refractivity contribution in [3.05, 3.63) is 65.5 Å². The van der Waals surface area contributed by atoms with Gasteiger partial charge < -0.3 is 4.74 Å². The molecule has 140 valence electrons. The minimum Gasteiger partial charge on any atom is -0.444 e. The number of rotatable bonds is 2. The number of pyridine rings is 1. The van der Waals surface area contributed by atoms with E-state index in [1.807, 2.05) is 17.0 Å². The van der Waals surface area contributed by atoms with E-state index in [9.17, 15) is 4.79 Å². The van der Waals surface area contributed by atoms with Crippen LogP contribution in [0.3, 0.4) is 0 Å². The molecule has 0 aliphatic carbocycles. The highest BCUT2D eigenvalue weighted by molar-refractivity contribution is 5.70. The van der Waals surface area contributed by atoms with Crippen LogP contribution in [0.2, 0.25) is 0 Å². The third-order valence-electron chi connectivity index (χ3n) is 6.39. The maximum Gasteiger partial charge on any atom is 0.410 e. The zero-order valence-corrected chi connectivity index (χ0v) is 15.5. The van der Waals surface area contributed by atoms with Crippen LogP contribution in [-0.2, 0) is 11.2 Å². The van der Waals surface area contributed by atoms with E-state index in [-0.39, 0.29) is 18.2 Å². The second-order valence-electron chi connectivity index (χ2n) is 7.89. The Morgan fingerprint density at radius 3 is 2.56 bits per heavy atom. The van der Waals surface area contributed by atoms with Crippen LogP contribution < -0.4 is 0 Å². The summed E-state index contributed by atoms with van der Waals surface area (Å²) in [4.78, 5) is 21.7. The summed E-state index contributed by atoms with van der Waals surface area (Å²) in [6, 6.07) is 12.3. The first kappa shape index (κ1) is 16.8. The zero-order chi connectivity index (χ0) is 18.2. The van der Waals surface area contributed by atoms with Crippen molar-refractivity contribution in [3.63, 3.8) is 0 Å². The Kier molecular flexibility index (Phi) is 4.32. The molecule has 0 N–H and O–H groups in total. The molecule has 6 rings (SSSR count). The van der Waals surface area contributed by atoms with Gasteiger partial charge in [-0.2, -0.15) is 0 Å². The van der Waals surface area contributed by atoms with Crippen LogP contribution in [0.1, 0.15) is 35.6 Å². The van der Waals surface area contributed by atoms with Crippen LogP contribution in [0.5, 0.6) is 0 Å². The van der Waals surface area contributed by atoms with E-state index in [0.717, 1.165) is 44.5 Å². The molecule has 27 heavy (non-hydrogen) atoms. The molecule has 2 bridgehead atoms. The number of carbonyl (C=O) groups is 1. The third-order valence-corrected chi connectivity index (χ3v) is 6.39. The van der Waals surface area contributed by atoms with Gasteiger partial charge in [-0.3, -0.25) is 14.8 Å². The van der Waals surface area contributed by atoms with Crippen LogP contribution in [0.4, 0.5) is 4.79 Å². The summed E-state index contributed by atoms with van der Waals surface area (Å²) in [6.07, 6.45) is 6.61. The van der Waals surface area contributed by atoms with E-state index in [1.165, 1.54) is 11.1 Å². The first-order valence-electron chi connectivity index (χ1n) is 9.97. The van der Waals surface area contributed by atoms with Crippen molar-refractivity contribution < 1.29 is 9.53 Å². The molecule has 0 spiro atoms. The molecule has 3 saturated heterocycles. The molecule has 0 radical (unpaired) electrons. The van der Waals surface area contributed by atoms with Gasteiger partial charge in [0, 0.05) is 25.5 Å². The Hall–Kier alpha value is -2.40. The minimum atomic E-state index is -0.176. The number of aromatic nitrogens is 1. The third kappa shape index (κ3) is 3.10. The summed E-state index contributed by atoms with van der Waals surface area (Å²) in [5, 5.41) is 0.